The van der Waals surface area contributed by atoms with Gasteiger partial charge < -0.3 is 29.2 Å². The van der Waals surface area contributed by atoms with E-state index in [0.29, 0.717) is 35.4 Å². The van der Waals surface area contributed by atoms with Gasteiger partial charge in [-0.15, -0.1) is 0 Å². The summed E-state index contributed by atoms with van der Waals surface area (Å²) in [7, 11) is 1.64. The van der Waals surface area contributed by atoms with Crippen LogP contribution in [-0.4, -0.2) is 60.1 Å². The minimum Gasteiger partial charge on any atom is -0.506 e. The first kappa shape index (κ1) is 30.9. The third kappa shape index (κ3) is 7.24. The van der Waals surface area contributed by atoms with Crippen molar-refractivity contribution in [3.8, 4) is 5.75 Å². The fourth-order valence-electron chi connectivity index (χ4n) is 4.68. The SMILES string of the molecule is CCOC(=O)C1=C(O)/C(=C/c2cn(CC(=O)NCCCOC)c3c(CC)cccc23)SC1=Nc1ccc(OCC)cc1. The van der Waals surface area contributed by atoms with Gasteiger partial charge in [-0.25, -0.2) is 9.79 Å². The number of aromatic nitrogens is 1. The zero-order chi connectivity index (χ0) is 30.1. The number of ether oxygens (including phenoxy) is 3. The number of amides is 1. The number of nitrogens with one attached hydrogen (secondary N) is 1. The topological polar surface area (TPSA) is 111 Å². The van der Waals surface area contributed by atoms with Gasteiger partial charge in [0.05, 0.1) is 29.3 Å². The summed E-state index contributed by atoms with van der Waals surface area (Å²) in [6.07, 6.45) is 5.26. The molecule has 0 aliphatic carbocycles. The molecule has 1 amide bonds. The number of para-hydroxylation sites is 1. The molecule has 0 fully saturated rings. The first-order chi connectivity index (χ1) is 20.4. The lowest BCUT2D eigenvalue weighted by Crippen LogP contribution is -2.28. The van der Waals surface area contributed by atoms with Crippen molar-refractivity contribution in [1.29, 1.82) is 0 Å². The minimum atomic E-state index is -0.642. The molecule has 222 valence electrons. The molecule has 1 aliphatic rings. The Hall–Kier alpha value is -4.02. The largest absolute Gasteiger partial charge is 0.506 e. The number of thioether (sulfide) groups is 1. The molecule has 0 spiro atoms. The number of rotatable bonds is 13. The molecule has 0 radical (unpaired) electrons. The lowest BCUT2D eigenvalue weighted by Gasteiger charge is -2.09. The van der Waals surface area contributed by atoms with Gasteiger partial charge in [-0.1, -0.05) is 36.9 Å². The van der Waals surface area contributed by atoms with Crippen LogP contribution in [0.2, 0.25) is 0 Å². The van der Waals surface area contributed by atoms with Crippen LogP contribution in [-0.2, 0) is 32.0 Å². The quantitative estimate of drug-likeness (QED) is 0.187. The Morgan fingerprint density at radius 2 is 1.88 bits per heavy atom. The van der Waals surface area contributed by atoms with Crippen molar-refractivity contribution in [2.24, 2.45) is 4.99 Å². The van der Waals surface area contributed by atoms with Crippen LogP contribution in [0.5, 0.6) is 5.75 Å². The molecule has 9 nitrogen and oxygen atoms in total. The van der Waals surface area contributed by atoms with Crippen molar-refractivity contribution < 1.29 is 28.9 Å². The number of hydrogen-bond donors (Lipinski definition) is 2. The summed E-state index contributed by atoms with van der Waals surface area (Å²) in [5.41, 5.74) is 3.51. The van der Waals surface area contributed by atoms with Gasteiger partial charge in [-0.3, -0.25) is 4.79 Å². The second kappa shape index (κ2) is 14.7. The highest BCUT2D eigenvalue weighted by Gasteiger charge is 2.33. The van der Waals surface area contributed by atoms with E-state index in [1.807, 2.05) is 42.0 Å². The monoisotopic (exact) mass is 591 g/mol. The fraction of sp³-hybridized carbons (Fsp3) is 0.344. The second-order valence-electron chi connectivity index (χ2n) is 9.47. The fourth-order valence-corrected chi connectivity index (χ4v) is 5.71. The highest BCUT2D eigenvalue weighted by atomic mass is 32.2. The van der Waals surface area contributed by atoms with Crippen molar-refractivity contribution >= 4 is 51.3 Å². The van der Waals surface area contributed by atoms with E-state index in [4.69, 9.17) is 14.2 Å². The first-order valence-electron chi connectivity index (χ1n) is 14.1. The molecule has 3 aromatic rings. The van der Waals surface area contributed by atoms with Gasteiger partial charge in [0.25, 0.3) is 0 Å². The molecular formula is C32H37N3O6S. The van der Waals surface area contributed by atoms with Crippen LogP contribution >= 0.6 is 11.8 Å². The van der Waals surface area contributed by atoms with Gasteiger partial charge in [0.2, 0.25) is 5.91 Å². The van der Waals surface area contributed by atoms with Crippen LogP contribution in [0.1, 0.15) is 38.3 Å². The van der Waals surface area contributed by atoms with E-state index in [1.54, 1.807) is 38.3 Å². The third-order valence-corrected chi connectivity index (χ3v) is 7.61. The Morgan fingerprint density at radius 1 is 1.10 bits per heavy atom. The molecule has 0 atom stereocenters. The third-order valence-electron chi connectivity index (χ3n) is 6.59. The van der Waals surface area contributed by atoms with Crippen molar-refractivity contribution in [2.45, 2.75) is 40.2 Å². The zero-order valence-electron chi connectivity index (χ0n) is 24.4. The van der Waals surface area contributed by atoms with E-state index in [2.05, 4.69) is 17.2 Å². The van der Waals surface area contributed by atoms with Crippen LogP contribution < -0.4 is 10.1 Å². The maximum atomic E-state index is 12.9. The summed E-state index contributed by atoms with van der Waals surface area (Å²) in [5, 5.41) is 15.5. The number of benzene rings is 2. The molecule has 1 aliphatic heterocycles. The van der Waals surface area contributed by atoms with Crippen molar-refractivity contribution in [1.82, 2.24) is 9.88 Å². The molecular weight excluding hydrogens is 554 g/mol. The predicted octanol–water partition coefficient (Wildman–Crippen LogP) is 5.95. The molecule has 1 aromatic heterocycles. The Balaban J connectivity index is 1.72. The van der Waals surface area contributed by atoms with Gasteiger partial charge in [-0.05, 0) is 62.6 Å². The standard InChI is InChI=1S/C32H37N3O6S/c1-5-21-10-8-11-25-22(19-35(29(21)25)20-27(36)33-16-9-17-39-4)18-26-30(37)28(32(38)41-7-3)31(42-26)34-23-12-14-24(15-13-23)40-6-2/h8,10-15,18-19,37H,5-7,9,16-17,20H2,1-4H3,(H,33,36)/b26-18-,34-31?. The smallest absolute Gasteiger partial charge is 0.344 e. The lowest BCUT2D eigenvalue weighted by molar-refractivity contribution is -0.138. The Kier molecular flexibility index (Phi) is 10.9. The normalized spacial score (nSPS) is 15.1. The van der Waals surface area contributed by atoms with Crippen LogP contribution in [0, 0.1) is 0 Å². The lowest BCUT2D eigenvalue weighted by atomic mass is 10.1. The number of aliphatic hydroxyl groups is 1. The number of aliphatic hydroxyl groups excluding tert-OH is 1. The van der Waals surface area contributed by atoms with Gasteiger partial charge in [-0.2, -0.15) is 0 Å². The summed E-state index contributed by atoms with van der Waals surface area (Å²) in [6.45, 7) is 7.68. The minimum absolute atomic E-state index is 0.0235. The summed E-state index contributed by atoms with van der Waals surface area (Å²) < 4.78 is 17.8. The average molecular weight is 592 g/mol. The van der Waals surface area contributed by atoms with Gasteiger partial charge in [0.15, 0.2) is 0 Å². The number of esters is 1. The van der Waals surface area contributed by atoms with E-state index >= 15 is 0 Å². The number of hydrogen-bond acceptors (Lipinski definition) is 8. The van der Waals surface area contributed by atoms with Gasteiger partial charge in [0.1, 0.15) is 28.7 Å². The Morgan fingerprint density at radius 3 is 2.57 bits per heavy atom. The molecule has 42 heavy (non-hydrogen) atoms. The highest BCUT2D eigenvalue weighted by Crippen LogP contribution is 2.41. The van der Waals surface area contributed by atoms with Crippen LogP contribution in [0.4, 0.5) is 5.69 Å². The maximum Gasteiger partial charge on any atom is 0.344 e. The van der Waals surface area contributed by atoms with E-state index in [-0.39, 0.29) is 30.4 Å². The van der Waals surface area contributed by atoms with Gasteiger partial charge in [0, 0.05) is 37.4 Å². The van der Waals surface area contributed by atoms with Crippen molar-refractivity contribution in [2.75, 3.05) is 33.5 Å². The number of carbonyl (C=O) groups is 2. The van der Waals surface area contributed by atoms with E-state index < -0.39 is 5.97 Å². The van der Waals surface area contributed by atoms with E-state index in [9.17, 15) is 14.7 Å². The van der Waals surface area contributed by atoms with Crippen LogP contribution in [0.3, 0.4) is 0 Å². The molecule has 0 saturated carbocycles. The molecule has 2 heterocycles. The second-order valence-corrected chi connectivity index (χ2v) is 10.5. The molecule has 0 bridgehead atoms. The molecule has 0 saturated heterocycles. The number of fused-ring (bicyclic) bond motifs is 1. The maximum absolute atomic E-state index is 12.9. The molecule has 10 heteroatoms. The van der Waals surface area contributed by atoms with Crippen molar-refractivity contribution in [3.63, 3.8) is 0 Å². The molecule has 4 rings (SSSR count). The summed E-state index contributed by atoms with van der Waals surface area (Å²) in [4.78, 5) is 30.8. The average Bonchev–Trinajstić information content (AvgIpc) is 3.48. The summed E-state index contributed by atoms with van der Waals surface area (Å²) >= 11 is 1.20. The number of aryl methyl sites for hydroxylation is 1. The number of aliphatic imine (C=N–C) groups is 1. The molecule has 0 unspecified atom stereocenters. The Bertz CT molecular complexity index is 1520. The summed E-state index contributed by atoms with van der Waals surface area (Å²) in [6, 6.07) is 13.2. The zero-order valence-corrected chi connectivity index (χ0v) is 25.3. The molecule has 2 N–H and O–H groups in total. The number of nitrogens with zero attached hydrogens (tertiary/aromatic N) is 2. The Labute approximate surface area is 250 Å². The number of carbonyl (C=O) groups excluding carboxylic acids is 2. The highest BCUT2D eigenvalue weighted by molar-refractivity contribution is 8.18. The van der Waals surface area contributed by atoms with Gasteiger partial charge >= 0.3 is 5.97 Å². The van der Waals surface area contributed by atoms with Crippen LogP contribution in [0.25, 0.3) is 17.0 Å². The first-order valence-corrected chi connectivity index (χ1v) is 14.9. The molecule has 2 aromatic carbocycles. The van der Waals surface area contributed by atoms with Crippen LogP contribution in [0.15, 0.2) is 69.9 Å². The van der Waals surface area contributed by atoms with Crippen molar-refractivity contribution in [3.05, 3.63) is 76.0 Å². The van der Waals surface area contributed by atoms with E-state index in [1.165, 1.54) is 11.8 Å². The predicted molar refractivity (Wildman–Crippen MR) is 167 cm³/mol. The van der Waals surface area contributed by atoms with E-state index in [0.717, 1.165) is 40.6 Å². The number of methoxy groups -OCH3 is 1. The summed E-state index contributed by atoms with van der Waals surface area (Å²) in [5.74, 6) is -0.208.